The van der Waals surface area contributed by atoms with Crippen molar-refractivity contribution in [3.05, 3.63) is 23.8 Å². The maximum Gasteiger partial charge on any atom is 0.323 e. The first-order valence-electron chi connectivity index (χ1n) is 7.11. The van der Waals surface area contributed by atoms with Crippen LogP contribution in [0.3, 0.4) is 0 Å². The van der Waals surface area contributed by atoms with Crippen LogP contribution in [0.2, 0.25) is 0 Å². The van der Waals surface area contributed by atoms with E-state index in [9.17, 15) is 9.59 Å². The summed E-state index contributed by atoms with van der Waals surface area (Å²) in [5, 5.41) is 8.89. The van der Waals surface area contributed by atoms with Gasteiger partial charge in [0.05, 0.1) is 14.2 Å². The van der Waals surface area contributed by atoms with Gasteiger partial charge in [-0.1, -0.05) is 0 Å². The maximum absolute atomic E-state index is 12.2. The molecule has 0 heterocycles. The summed E-state index contributed by atoms with van der Waals surface area (Å²) in [5.74, 6) is 0.167. The second-order valence-corrected chi connectivity index (χ2v) is 5.19. The molecule has 0 fully saturated rings. The Balaban J connectivity index is 2.79. The van der Waals surface area contributed by atoms with Crippen LogP contribution in [0.5, 0.6) is 11.5 Å². The molecule has 0 aliphatic carbocycles. The van der Waals surface area contributed by atoms with Crippen molar-refractivity contribution in [1.82, 2.24) is 4.90 Å². The largest absolute Gasteiger partial charge is 0.497 e. The maximum atomic E-state index is 12.2. The van der Waals surface area contributed by atoms with Crippen LogP contribution in [0, 0.1) is 0 Å². The lowest BCUT2D eigenvalue weighted by Crippen LogP contribution is -2.40. The molecule has 1 N–H and O–H groups in total. The predicted octanol–water partition coefficient (Wildman–Crippen LogP) is 1.96. The number of aliphatic carboxylic acids is 1. The van der Waals surface area contributed by atoms with E-state index in [1.807, 2.05) is 6.07 Å². The molecule has 0 aliphatic rings. The van der Waals surface area contributed by atoms with E-state index in [0.717, 1.165) is 5.56 Å². The van der Waals surface area contributed by atoms with E-state index in [-0.39, 0.29) is 24.9 Å². The van der Waals surface area contributed by atoms with Gasteiger partial charge in [-0.05, 0) is 44.0 Å². The molecule has 0 saturated heterocycles. The Bertz CT molecular complexity index is 527. The second kappa shape index (κ2) is 8.26. The third-order valence-corrected chi connectivity index (χ3v) is 3.35. The Morgan fingerprint density at radius 3 is 2.41 bits per heavy atom. The van der Waals surface area contributed by atoms with E-state index >= 15 is 0 Å². The molecule has 0 aromatic heterocycles. The number of rotatable bonds is 8. The smallest absolute Gasteiger partial charge is 0.323 e. The number of amides is 1. The van der Waals surface area contributed by atoms with E-state index in [0.29, 0.717) is 17.9 Å². The van der Waals surface area contributed by atoms with Crippen molar-refractivity contribution in [2.24, 2.45) is 0 Å². The summed E-state index contributed by atoms with van der Waals surface area (Å²) >= 11 is 0. The highest BCUT2D eigenvalue weighted by atomic mass is 16.5. The summed E-state index contributed by atoms with van der Waals surface area (Å²) in [5.41, 5.74) is 0.856. The number of carbonyl (C=O) groups is 2. The van der Waals surface area contributed by atoms with E-state index in [2.05, 4.69) is 0 Å². The van der Waals surface area contributed by atoms with Gasteiger partial charge in [0.15, 0.2) is 0 Å². The highest BCUT2D eigenvalue weighted by Crippen LogP contribution is 2.25. The zero-order valence-electron chi connectivity index (χ0n) is 13.5. The zero-order valence-corrected chi connectivity index (χ0v) is 13.5. The Morgan fingerprint density at radius 2 is 1.91 bits per heavy atom. The number of carbonyl (C=O) groups excluding carboxylic acids is 1. The van der Waals surface area contributed by atoms with E-state index in [4.69, 9.17) is 14.6 Å². The number of carboxylic acids is 1. The lowest BCUT2D eigenvalue weighted by Gasteiger charge is -2.25. The number of carboxylic acid groups (broad SMARTS) is 1. The fraction of sp³-hybridized carbons (Fsp3) is 0.500. The lowest BCUT2D eigenvalue weighted by atomic mass is 10.1. The summed E-state index contributed by atoms with van der Waals surface area (Å²) in [6.07, 6.45) is 0.678. The normalized spacial score (nSPS) is 10.4. The first-order chi connectivity index (χ1) is 10.4. The molecule has 1 aromatic rings. The summed E-state index contributed by atoms with van der Waals surface area (Å²) in [6, 6.07) is 5.24. The molecular weight excluding hydrogens is 286 g/mol. The molecule has 0 unspecified atom stereocenters. The van der Waals surface area contributed by atoms with Crippen molar-refractivity contribution < 1.29 is 24.2 Å². The molecule has 1 aromatic carbocycles. The van der Waals surface area contributed by atoms with Crippen LogP contribution in [0.4, 0.5) is 0 Å². The first kappa shape index (κ1) is 17.8. The summed E-state index contributed by atoms with van der Waals surface area (Å²) < 4.78 is 10.4. The fourth-order valence-corrected chi connectivity index (χ4v) is 2.17. The molecule has 0 saturated carbocycles. The van der Waals surface area contributed by atoms with Gasteiger partial charge in [0.1, 0.15) is 18.0 Å². The SMILES string of the molecule is COc1ccc(OC)c(CCC(=O)N(CC(=O)O)C(C)C)c1. The van der Waals surface area contributed by atoms with Crippen molar-refractivity contribution in [3.63, 3.8) is 0 Å². The lowest BCUT2D eigenvalue weighted by molar-refractivity contribution is -0.145. The second-order valence-electron chi connectivity index (χ2n) is 5.19. The van der Waals surface area contributed by atoms with Crippen LogP contribution in [-0.2, 0) is 16.0 Å². The number of ether oxygens (including phenoxy) is 2. The summed E-state index contributed by atoms with van der Waals surface area (Å²) in [4.78, 5) is 24.4. The zero-order chi connectivity index (χ0) is 16.7. The molecule has 0 bridgehead atoms. The van der Waals surface area contributed by atoms with Crippen LogP contribution in [-0.4, -0.2) is 48.7 Å². The van der Waals surface area contributed by atoms with E-state index in [1.54, 1.807) is 40.2 Å². The molecule has 6 heteroatoms. The molecule has 122 valence electrons. The number of benzene rings is 1. The van der Waals surface area contributed by atoms with Crippen LogP contribution in [0.25, 0.3) is 0 Å². The molecule has 22 heavy (non-hydrogen) atoms. The Labute approximate surface area is 130 Å². The third kappa shape index (κ3) is 4.95. The number of methoxy groups -OCH3 is 2. The number of aryl methyl sites for hydroxylation is 1. The van der Waals surface area contributed by atoms with Gasteiger partial charge < -0.3 is 19.5 Å². The monoisotopic (exact) mass is 309 g/mol. The van der Waals surface area contributed by atoms with Gasteiger partial charge in [-0.3, -0.25) is 9.59 Å². The van der Waals surface area contributed by atoms with Gasteiger partial charge in [-0.2, -0.15) is 0 Å². The molecule has 1 rings (SSSR count). The van der Waals surface area contributed by atoms with Gasteiger partial charge in [0, 0.05) is 12.5 Å². The quantitative estimate of drug-likeness (QED) is 0.794. The van der Waals surface area contributed by atoms with Crippen molar-refractivity contribution in [2.75, 3.05) is 20.8 Å². The van der Waals surface area contributed by atoms with Gasteiger partial charge in [-0.25, -0.2) is 0 Å². The number of hydrogen-bond acceptors (Lipinski definition) is 4. The van der Waals surface area contributed by atoms with Crippen molar-refractivity contribution >= 4 is 11.9 Å². The first-order valence-corrected chi connectivity index (χ1v) is 7.11. The molecule has 6 nitrogen and oxygen atoms in total. The van der Waals surface area contributed by atoms with Crippen LogP contribution >= 0.6 is 0 Å². The van der Waals surface area contributed by atoms with E-state index in [1.165, 1.54) is 4.90 Å². The minimum Gasteiger partial charge on any atom is -0.497 e. The van der Waals surface area contributed by atoms with Crippen molar-refractivity contribution in [1.29, 1.82) is 0 Å². The fourth-order valence-electron chi connectivity index (χ4n) is 2.17. The van der Waals surface area contributed by atoms with Gasteiger partial charge >= 0.3 is 5.97 Å². The molecule has 0 radical (unpaired) electrons. The summed E-state index contributed by atoms with van der Waals surface area (Å²) in [6.45, 7) is 3.31. The van der Waals surface area contributed by atoms with E-state index < -0.39 is 5.97 Å². The molecule has 0 spiro atoms. The van der Waals surface area contributed by atoms with Gasteiger partial charge in [0.2, 0.25) is 5.91 Å². The average Bonchev–Trinajstić information content (AvgIpc) is 2.49. The highest BCUT2D eigenvalue weighted by molar-refractivity contribution is 5.81. The minimum atomic E-state index is -1.01. The Kier molecular flexibility index (Phi) is 6.69. The molecule has 0 atom stereocenters. The predicted molar refractivity (Wildman–Crippen MR) is 82.4 cm³/mol. The van der Waals surface area contributed by atoms with Crippen LogP contribution < -0.4 is 9.47 Å². The molecule has 0 aliphatic heterocycles. The molecular formula is C16H23NO5. The van der Waals surface area contributed by atoms with Crippen molar-refractivity contribution in [3.8, 4) is 11.5 Å². The van der Waals surface area contributed by atoms with Crippen molar-refractivity contribution in [2.45, 2.75) is 32.7 Å². The number of hydrogen-bond donors (Lipinski definition) is 1. The van der Waals surface area contributed by atoms with Crippen LogP contribution in [0.1, 0.15) is 25.8 Å². The topological polar surface area (TPSA) is 76.1 Å². The molecule has 1 amide bonds. The summed E-state index contributed by atoms with van der Waals surface area (Å²) in [7, 11) is 3.14. The average molecular weight is 309 g/mol. The standard InChI is InChI=1S/C16H23NO5/c1-11(2)17(10-16(19)20)15(18)8-5-12-9-13(21-3)6-7-14(12)22-4/h6-7,9,11H,5,8,10H2,1-4H3,(H,19,20). The van der Waals surface area contributed by atoms with Gasteiger partial charge in [0.25, 0.3) is 0 Å². The number of nitrogens with zero attached hydrogens (tertiary/aromatic N) is 1. The Morgan fingerprint density at radius 1 is 1.23 bits per heavy atom. The minimum absolute atomic E-state index is 0.157. The highest BCUT2D eigenvalue weighted by Gasteiger charge is 2.20. The third-order valence-electron chi connectivity index (χ3n) is 3.35. The van der Waals surface area contributed by atoms with Gasteiger partial charge in [-0.15, -0.1) is 0 Å². The Hall–Kier alpha value is -2.24. The van der Waals surface area contributed by atoms with Crippen LogP contribution in [0.15, 0.2) is 18.2 Å².